The lowest BCUT2D eigenvalue weighted by molar-refractivity contribution is 0.0930. The highest BCUT2D eigenvalue weighted by molar-refractivity contribution is 7.79. The second-order valence-electron chi connectivity index (χ2n) is 9.61. The second kappa shape index (κ2) is 11.8. The molecule has 0 radical (unpaired) electrons. The molecule has 0 unspecified atom stereocenters. The lowest BCUT2D eigenvalue weighted by Gasteiger charge is -2.21. The van der Waals surface area contributed by atoms with Gasteiger partial charge in [-0.2, -0.15) is 12.6 Å². The maximum absolute atomic E-state index is 13.4. The molecule has 2 aliphatic rings. The molecule has 2 N–H and O–H groups in total. The third kappa shape index (κ3) is 5.53. The Balaban J connectivity index is 0.000000487. The average molecular weight is 553 g/mol. The van der Waals surface area contributed by atoms with Crippen molar-refractivity contribution in [3.05, 3.63) is 102 Å². The van der Waals surface area contributed by atoms with Gasteiger partial charge in [-0.05, 0) is 91.9 Å². The van der Waals surface area contributed by atoms with Crippen LogP contribution in [0.2, 0.25) is 0 Å². The van der Waals surface area contributed by atoms with Crippen molar-refractivity contribution in [2.45, 2.75) is 25.3 Å². The van der Waals surface area contributed by atoms with Crippen molar-refractivity contribution in [2.75, 3.05) is 19.9 Å². The van der Waals surface area contributed by atoms with Gasteiger partial charge in [0.15, 0.2) is 5.58 Å². The first-order valence-corrected chi connectivity index (χ1v) is 14.0. The van der Waals surface area contributed by atoms with Crippen molar-refractivity contribution in [3.8, 4) is 17.2 Å². The molecule has 3 heterocycles. The molecule has 40 heavy (non-hydrogen) atoms. The standard InChI is InChI=1S/C28H23N3O3.C3H5N.CH4S/c1-17-9-10-19(33-2)16-21(17)26(32)31-28(11-12-28)22-14-18(15-24-20(22)6-5-13-29-24)27-30-23-7-3-4-8-25(23)34-27;1-2-4-3-1;1-2/h3-10,13-16H,11-12H2,1-2H3,(H,31,32);1-2,4H,3H2;2H,1H3. The van der Waals surface area contributed by atoms with Gasteiger partial charge in [0.25, 0.3) is 5.91 Å². The number of fused-ring (bicyclic) bond motifs is 2. The number of rotatable bonds is 5. The SMILES string of the molecule is C1=CNC1.COc1ccc(C)c(C(=O)NC2(c3cc(-c4nc5ccccc5o4)cc4ncccc34)CC2)c1.CS. The summed E-state index contributed by atoms with van der Waals surface area (Å²) in [7, 11) is 1.60. The number of aromatic nitrogens is 2. The van der Waals surface area contributed by atoms with E-state index in [1.165, 1.54) is 0 Å². The lowest BCUT2D eigenvalue weighted by Crippen LogP contribution is -2.35. The number of benzene rings is 3. The van der Waals surface area contributed by atoms with Crippen LogP contribution in [-0.2, 0) is 5.54 Å². The quantitative estimate of drug-likeness (QED) is 0.218. The Bertz CT molecular complexity index is 1650. The van der Waals surface area contributed by atoms with E-state index >= 15 is 0 Å². The van der Waals surface area contributed by atoms with Crippen LogP contribution >= 0.6 is 12.6 Å². The van der Waals surface area contributed by atoms with E-state index in [1.807, 2.05) is 61.7 Å². The van der Waals surface area contributed by atoms with Crippen LogP contribution in [-0.4, -0.2) is 35.8 Å². The zero-order chi connectivity index (χ0) is 28.1. The van der Waals surface area contributed by atoms with Crippen LogP contribution in [0.3, 0.4) is 0 Å². The van der Waals surface area contributed by atoms with E-state index in [0.717, 1.165) is 58.1 Å². The number of ether oxygens (including phenoxy) is 1. The number of hydrogen-bond acceptors (Lipinski definition) is 7. The molecule has 1 aliphatic carbocycles. The van der Waals surface area contributed by atoms with Gasteiger partial charge < -0.3 is 19.8 Å². The molecule has 7 nitrogen and oxygen atoms in total. The van der Waals surface area contributed by atoms with Gasteiger partial charge in [0.1, 0.15) is 11.3 Å². The van der Waals surface area contributed by atoms with Gasteiger partial charge in [-0.3, -0.25) is 9.78 Å². The summed E-state index contributed by atoms with van der Waals surface area (Å²) in [6.45, 7) is 3.00. The van der Waals surface area contributed by atoms with Crippen LogP contribution in [0.15, 0.2) is 89.6 Å². The lowest BCUT2D eigenvalue weighted by atomic mass is 9.95. The Kier molecular flexibility index (Phi) is 8.07. The molecule has 3 aromatic carbocycles. The van der Waals surface area contributed by atoms with Crippen LogP contribution in [0.4, 0.5) is 0 Å². The Hall–Kier alpha value is -4.30. The molecule has 8 heteroatoms. The zero-order valence-electron chi connectivity index (χ0n) is 22.8. The number of oxazole rings is 1. The molecule has 0 atom stereocenters. The smallest absolute Gasteiger partial charge is 0.252 e. The van der Waals surface area contributed by atoms with Gasteiger partial charge in [0, 0.05) is 29.3 Å². The monoisotopic (exact) mass is 552 g/mol. The van der Waals surface area contributed by atoms with Gasteiger partial charge in [0.2, 0.25) is 5.89 Å². The molecule has 7 rings (SSSR count). The third-order valence-electron chi connectivity index (χ3n) is 7.04. The molecule has 0 bridgehead atoms. The van der Waals surface area contributed by atoms with E-state index in [-0.39, 0.29) is 5.91 Å². The van der Waals surface area contributed by atoms with Gasteiger partial charge in [0.05, 0.1) is 18.2 Å². The molecule has 1 amide bonds. The average Bonchev–Trinajstić information content (AvgIpc) is 3.60. The topological polar surface area (TPSA) is 89.3 Å². The van der Waals surface area contributed by atoms with E-state index in [9.17, 15) is 4.79 Å². The number of hydrogen-bond donors (Lipinski definition) is 3. The summed E-state index contributed by atoms with van der Waals surface area (Å²) in [4.78, 5) is 22.6. The Morgan fingerprint density at radius 3 is 2.48 bits per heavy atom. The summed E-state index contributed by atoms with van der Waals surface area (Å²) in [6.07, 6.45) is 9.17. The molecule has 1 saturated carbocycles. The molecule has 0 saturated heterocycles. The highest BCUT2D eigenvalue weighted by Gasteiger charge is 2.47. The fourth-order valence-corrected chi connectivity index (χ4v) is 4.66. The predicted molar refractivity (Wildman–Crippen MR) is 163 cm³/mol. The third-order valence-corrected chi connectivity index (χ3v) is 7.04. The van der Waals surface area contributed by atoms with Crippen molar-refractivity contribution in [1.82, 2.24) is 20.6 Å². The molecule has 2 aromatic heterocycles. The number of carbonyl (C=O) groups is 1. The van der Waals surface area contributed by atoms with E-state index in [0.29, 0.717) is 17.2 Å². The van der Waals surface area contributed by atoms with Crippen LogP contribution < -0.4 is 15.4 Å². The largest absolute Gasteiger partial charge is 0.497 e. The van der Waals surface area contributed by atoms with E-state index < -0.39 is 5.54 Å². The molecule has 204 valence electrons. The van der Waals surface area contributed by atoms with E-state index in [4.69, 9.17) is 9.15 Å². The molecule has 1 aliphatic heterocycles. The maximum Gasteiger partial charge on any atom is 0.252 e. The maximum atomic E-state index is 13.4. The van der Waals surface area contributed by atoms with Gasteiger partial charge in [-0.25, -0.2) is 4.98 Å². The summed E-state index contributed by atoms with van der Waals surface area (Å²) < 4.78 is 11.4. The Labute approximate surface area is 239 Å². The predicted octanol–water partition coefficient (Wildman–Crippen LogP) is 6.43. The highest BCUT2D eigenvalue weighted by Crippen LogP contribution is 2.49. The number of nitrogens with zero attached hydrogens (tertiary/aromatic N) is 2. The molecule has 1 fully saturated rings. The van der Waals surface area contributed by atoms with Crippen molar-refractivity contribution in [1.29, 1.82) is 0 Å². The van der Waals surface area contributed by atoms with Crippen LogP contribution in [0.25, 0.3) is 33.5 Å². The van der Waals surface area contributed by atoms with Crippen LogP contribution in [0.5, 0.6) is 5.75 Å². The first-order chi connectivity index (χ1) is 19.6. The highest BCUT2D eigenvalue weighted by atomic mass is 32.1. The number of para-hydroxylation sites is 2. The minimum Gasteiger partial charge on any atom is -0.497 e. The van der Waals surface area contributed by atoms with E-state index in [1.54, 1.807) is 25.6 Å². The van der Waals surface area contributed by atoms with Crippen LogP contribution in [0, 0.1) is 6.92 Å². The Morgan fingerprint density at radius 1 is 1.05 bits per heavy atom. The summed E-state index contributed by atoms with van der Waals surface area (Å²) in [5.41, 5.74) is 5.32. The van der Waals surface area contributed by atoms with Crippen molar-refractivity contribution >= 4 is 40.5 Å². The molecular weight excluding hydrogens is 520 g/mol. The molecule has 0 spiro atoms. The summed E-state index contributed by atoms with van der Waals surface area (Å²) in [5, 5.41) is 7.26. The van der Waals surface area contributed by atoms with Crippen molar-refractivity contribution in [2.24, 2.45) is 0 Å². The van der Waals surface area contributed by atoms with Gasteiger partial charge in [-0.15, -0.1) is 0 Å². The number of methoxy groups -OCH3 is 1. The first kappa shape index (κ1) is 27.3. The number of carbonyl (C=O) groups excluding carboxylic acids is 1. The number of thiol groups is 1. The number of aryl methyl sites for hydroxylation is 1. The first-order valence-electron chi connectivity index (χ1n) is 13.1. The normalized spacial score (nSPS) is 14.1. The molecular formula is C32H32N4O3S. The Morgan fingerprint density at radius 2 is 1.80 bits per heavy atom. The van der Waals surface area contributed by atoms with Crippen molar-refractivity contribution in [3.63, 3.8) is 0 Å². The number of amides is 1. The fourth-order valence-electron chi connectivity index (χ4n) is 4.66. The van der Waals surface area contributed by atoms with Gasteiger partial charge in [-0.1, -0.05) is 24.3 Å². The summed E-state index contributed by atoms with van der Waals surface area (Å²) >= 11 is 3.53. The minimum atomic E-state index is -0.462. The molecule has 5 aromatic rings. The van der Waals surface area contributed by atoms with Crippen molar-refractivity contribution < 1.29 is 13.9 Å². The second-order valence-corrected chi connectivity index (χ2v) is 9.61. The fraction of sp³-hybridized carbons (Fsp3) is 0.219. The summed E-state index contributed by atoms with van der Waals surface area (Å²) in [5.74, 6) is 1.09. The van der Waals surface area contributed by atoms with Crippen LogP contribution in [0.1, 0.15) is 34.3 Å². The number of nitrogens with one attached hydrogen (secondary N) is 2. The van der Waals surface area contributed by atoms with E-state index in [2.05, 4.69) is 51.4 Å². The summed E-state index contributed by atoms with van der Waals surface area (Å²) in [6, 6.07) is 21.3. The minimum absolute atomic E-state index is 0.113. The zero-order valence-corrected chi connectivity index (χ0v) is 23.7. The number of pyridine rings is 1. The van der Waals surface area contributed by atoms with Gasteiger partial charge >= 0.3 is 0 Å².